The smallest absolute Gasteiger partial charge is 0.227 e. The highest BCUT2D eigenvalue weighted by atomic mass is 16.6. The summed E-state index contributed by atoms with van der Waals surface area (Å²) in [6.45, 7) is 6.59. The normalized spacial score (nSPS) is 24.3. The molecule has 1 amide bonds. The Morgan fingerprint density at radius 1 is 1.48 bits per heavy atom. The monoisotopic (exact) mass is 314 g/mol. The molecule has 1 aromatic carbocycles. The Labute approximate surface area is 136 Å². The molecular weight excluding hydrogens is 292 g/mol. The number of benzene rings is 1. The minimum absolute atomic E-state index is 0.0319. The molecule has 3 rings (SSSR count). The van der Waals surface area contributed by atoms with Crippen LogP contribution in [-0.2, 0) is 11.2 Å². The predicted octanol–water partition coefficient (Wildman–Crippen LogP) is 0.735. The SMILES string of the molecule is C=CCN1N=C(c2ccc3c(c2)CCC(=O)N3C)C(C)C[NH+]1[O-]. The fourth-order valence-electron chi connectivity index (χ4n) is 3.17. The number of hydroxylamine groups is 1. The molecule has 1 N–H and O–H groups in total. The molecule has 0 spiro atoms. The number of fused-ring (bicyclic) bond motifs is 1. The summed E-state index contributed by atoms with van der Waals surface area (Å²) >= 11 is 0. The van der Waals surface area contributed by atoms with Crippen LogP contribution < -0.4 is 10.1 Å². The second-order valence-corrected chi connectivity index (χ2v) is 6.15. The number of carbonyl (C=O) groups is 1. The van der Waals surface area contributed by atoms with E-state index in [1.807, 2.05) is 26.1 Å². The molecule has 122 valence electrons. The number of hydrogen-bond acceptors (Lipinski definition) is 4. The molecule has 23 heavy (non-hydrogen) atoms. The number of nitrogens with one attached hydrogen (secondary N) is 1. The molecular formula is C17H22N4O2. The van der Waals surface area contributed by atoms with Crippen LogP contribution in [0, 0.1) is 11.1 Å². The Kier molecular flexibility index (Phi) is 4.19. The van der Waals surface area contributed by atoms with Crippen LogP contribution in [0.5, 0.6) is 0 Å². The molecule has 0 radical (unpaired) electrons. The van der Waals surface area contributed by atoms with Crippen molar-refractivity contribution < 1.29 is 9.97 Å². The summed E-state index contributed by atoms with van der Waals surface area (Å²) in [5.41, 5.74) is 4.08. The number of anilines is 1. The topological polar surface area (TPSA) is 63.4 Å². The van der Waals surface area contributed by atoms with Gasteiger partial charge in [0, 0.05) is 19.2 Å². The van der Waals surface area contributed by atoms with Crippen LogP contribution >= 0.6 is 0 Å². The van der Waals surface area contributed by atoms with Crippen molar-refractivity contribution in [2.24, 2.45) is 11.0 Å². The lowest BCUT2D eigenvalue weighted by atomic mass is 9.93. The van der Waals surface area contributed by atoms with Gasteiger partial charge in [-0.15, -0.1) is 16.8 Å². The van der Waals surface area contributed by atoms with Gasteiger partial charge in [-0.05, 0) is 29.7 Å². The summed E-state index contributed by atoms with van der Waals surface area (Å²) in [6, 6.07) is 6.08. The van der Waals surface area contributed by atoms with Crippen LogP contribution in [0.2, 0.25) is 0 Å². The number of carbonyl (C=O) groups excluding carboxylic acids is 1. The van der Waals surface area contributed by atoms with Gasteiger partial charge in [-0.25, -0.2) is 0 Å². The van der Waals surface area contributed by atoms with E-state index in [1.54, 1.807) is 11.0 Å². The average molecular weight is 314 g/mol. The molecule has 0 saturated carbocycles. The van der Waals surface area contributed by atoms with E-state index in [2.05, 4.69) is 17.7 Å². The van der Waals surface area contributed by atoms with Gasteiger partial charge in [-0.3, -0.25) is 9.97 Å². The van der Waals surface area contributed by atoms with Gasteiger partial charge < -0.3 is 10.1 Å². The standard InChI is InChI=1S/C17H22N4O2/c1-4-9-20-18-17(12(2)11-21(20)23)14-5-7-15-13(10-14)6-8-16(22)19(15)3/h4-5,7,10,12,21H,1,6,8-9,11H2,2-3H3. The van der Waals surface area contributed by atoms with E-state index in [1.165, 1.54) is 5.12 Å². The van der Waals surface area contributed by atoms with Crippen molar-refractivity contribution in [2.45, 2.75) is 19.8 Å². The fraction of sp³-hybridized carbons (Fsp3) is 0.412. The Morgan fingerprint density at radius 3 is 3.00 bits per heavy atom. The number of aryl methyl sites for hydroxylation is 1. The number of nitrogens with zero attached hydrogens (tertiary/aromatic N) is 3. The number of rotatable bonds is 3. The van der Waals surface area contributed by atoms with Gasteiger partial charge in [0.25, 0.3) is 0 Å². The largest absolute Gasteiger partial charge is 0.606 e. The highest BCUT2D eigenvalue weighted by molar-refractivity contribution is 6.03. The maximum atomic E-state index is 12.0. The second-order valence-electron chi connectivity index (χ2n) is 6.15. The van der Waals surface area contributed by atoms with Gasteiger partial charge in [0.05, 0.1) is 11.6 Å². The molecule has 0 saturated heterocycles. The zero-order valence-corrected chi connectivity index (χ0v) is 13.6. The third-order valence-electron chi connectivity index (χ3n) is 4.48. The van der Waals surface area contributed by atoms with Crippen LogP contribution in [0.15, 0.2) is 36.0 Å². The Morgan fingerprint density at radius 2 is 2.26 bits per heavy atom. The van der Waals surface area contributed by atoms with Crippen LogP contribution in [0.25, 0.3) is 0 Å². The second kappa shape index (κ2) is 6.14. The van der Waals surface area contributed by atoms with E-state index in [0.717, 1.165) is 28.9 Å². The molecule has 1 aromatic rings. The summed E-state index contributed by atoms with van der Waals surface area (Å²) < 4.78 is 0. The van der Waals surface area contributed by atoms with E-state index >= 15 is 0 Å². The molecule has 0 bridgehead atoms. The van der Waals surface area contributed by atoms with Crippen molar-refractivity contribution in [3.8, 4) is 0 Å². The lowest BCUT2D eigenvalue weighted by Crippen LogP contribution is -3.14. The number of hydrazone groups is 1. The molecule has 6 nitrogen and oxygen atoms in total. The van der Waals surface area contributed by atoms with Crippen LogP contribution in [0.3, 0.4) is 0 Å². The first-order chi connectivity index (χ1) is 11.0. The molecule has 2 unspecified atom stereocenters. The first-order valence-corrected chi connectivity index (χ1v) is 7.91. The molecule has 0 aromatic heterocycles. The minimum atomic E-state index is 0.0319. The van der Waals surface area contributed by atoms with Crippen molar-refractivity contribution in [3.63, 3.8) is 0 Å². The maximum absolute atomic E-state index is 12.0. The van der Waals surface area contributed by atoms with Gasteiger partial charge in [0.1, 0.15) is 13.1 Å². The van der Waals surface area contributed by atoms with E-state index in [4.69, 9.17) is 0 Å². The minimum Gasteiger partial charge on any atom is -0.606 e. The first-order valence-electron chi connectivity index (χ1n) is 7.91. The Hall–Kier alpha value is -2.18. The van der Waals surface area contributed by atoms with Crippen LogP contribution in [0.1, 0.15) is 24.5 Å². The van der Waals surface area contributed by atoms with Gasteiger partial charge in [-0.1, -0.05) is 19.1 Å². The van der Waals surface area contributed by atoms with Crippen LogP contribution in [-0.4, -0.2) is 36.9 Å². The molecule has 2 aliphatic rings. The summed E-state index contributed by atoms with van der Waals surface area (Å²) in [4.78, 5) is 13.5. The van der Waals surface area contributed by atoms with Gasteiger partial charge in [0.15, 0.2) is 0 Å². The maximum Gasteiger partial charge on any atom is 0.227 e. The number of hydrogen-bond donors (Lipinski definition) is 1. The summed E-state index contributed by atoms with van der Waals surface area (Å²) in [5.74, 6) is 0.237. The van der Waals surface area contributed by atoms with Crippen molar-refractivity contribution in [3.05, 3.63) is 47.2 Å². The van der Waals surface area contributed by atoms with E-state index in [0.29, 0.717) is 19.5 Å². The van der Waals surface area contributed by atoms with Crippen molar-refractivity contribution in [1.29, 1.82) is 0 Å². The van der Waals surface area contributed by atoms with Crippen molar-refractivity contribution in [2.75, 3.05) is 25.0 Å². The first kappa shape index (κ1) is 15.7. The van der Waals surface area contributed by atoms with Gasteiger partial charge in [0.2, 0.25) is 5.91 Å². The third kappa shape index (κ3) is 2.87. The summed E-state index contributed by atoms with van der Waals surface area (Å²) in [6.07, 6.45) is 2.97. The van der Waals surface area contributed by atoms with Crippen LogP contribution in [0.4, 0.5) is 5.69 Å². The highest BCUT2D eigenvalue weighted by Crippen LogP contribution is 2.28. The van der Waals surface area contributed by atoms with Crippen molar-refractivity contribution >= 4 is 17.3 Å². The fourth-order valence-corrected chi connectivity index (χ4v) is 3.17. The van der Waals surface area contributed by atoms with Gasteiger partial charge in [-0.2, -0.15) is 0 Å². The Balaban J connectivity index is 1.96. The quantitative estimate of drug-likeness (QED) is 0.661. The highest BCUT2D eigenvalue weighted by Gasteiger charge is 2.27. The van der Waals surface area contributed by atoms with E-state index < -0.39 is 0 Å². The molecule has 6 heteroatoms. The van der Waals surface area contributed by atoms with Gasteiger partial charge >= 0.3 is 0 Å². The molecule has 0 aliphatic carbocycles. The van der Waals surface area contributed by atoms with Crippen molar-refractivity contribution in [1.82, 2.24) is 5.12 Å². The number of amides is 1. The molecule has 2 heterocycles. The lowest BCUT2D eigenvalue weighted by Gasteiger charge is -2.37. The zero-order chi connectivity index (χ0) is 16.6. The number of quaternary nitrogens is 1. The lowest BCUT2D eigenvalue weighted by molar-refractivity contribution is -0.976. The zero-order valence-electron chi connectivity index (χ0n) is 13.6. The third-order valence-corrected chi connectivity index (χ3v) is 4.48. The van der Waals surface area contributed by atoms with E-state index in [-0.39, 0.29) is 17.0 Å². The summed E-state index contributed by atoms with van der Waals surface area (Å²) in [7, 11) is 1.81. The Bertz CT molecular complexity index is 671. The molecule has 2 aliphatic heterocycles. The molecule has 0 fully saturated rings. The average Bonchev–Trinajstić information content (AvgIpc) is 2.53. The predicted molar refractivity (Wildman–Crippen MR) is 90.0 cm³/mol. The molecule has 2 atom stereocenters. The summed E-state index contributed by atoms with van der Waals surface area (Å²) in [5, 5.41) is 18.1. The van der Waals surface area contributed by atoms with E-state index in [9.17, 15) is 10.0 Å².